The highest BCUT2D eigenvalue weighted by Gasteiger charge is 2.34. The number of piperidine rings is 1. The van der Waals surface area contributed by atoms with E-state index in [-0.39, 0.29) is 5.60 Å². The minimum atomic E-state index is -0.0496. The van der Waals surface area contributed by atoms with E-state index < -0.39 is 0 Å². The topological polar surface area (TPSA) is 21.3 Å². The average molecular weight is 215 g/mol. The van der Waals surface area contributed by atoms with E-state index in [1.807, 2.05) is 0 Å². The van der Waals surface area contributed by atoms with Crippen LogP contribution < -0.4 is 10.1 Å². The maximum Gasteiger partial charge on any atom is 0.130 e. The van der Waals surface area contributed by atoms with Gasteiger partial charge in [-0.2, -0.15) is 0 Å². The van der Waals surface area contributed by atoms with Crippen LogP contribution in [0.4, 0.5) is 0 Å². The Morgan fingerprint density at radius 2 is 2.06 bits per heavy atom. The molecule has 3 rings (SSSR count). The third-order valence-corrected chi connectivity index (χ3v) is 3.50. The molecule has 1 spiro atoms. The van der Waals surface area contributed by atoms with Crippen LogP contribution in [0, 0.1) is 6.92 Å². The fourth-order valence-corrected chi connectivity index (χ4v) is 2.48. The Balaban J connectivity index is 1.95. The van der Waals surface area contributed by atoms with Gasteiger partial charge in [0.25, 0.3) is 0 Å². The minimum Gasteiger partial charge on any atom is -0.482 e. The van der Waals surface area contributed by atoms with E-state index in [4.69, 9.17) is 4.74 Å². The molecule has 1 saturated heterocycles. The molecule has 0 unspecified atom stereocenters. The van der Waals surface area contributed by atoms with Gasteiger partial charge in [-0.25, -0.2) is 0 Å². The van der Waals surface area contributed by atoms with Gasteiger partial charge in [-0.05, 0) is 37.7 Å². The van der Waals surface area contributed by atoms with Crippen LogP contribution >= 0.6 is 0 Å². The van der Waals surface area contributed by atoms with E-state index in [0.29, 0.717) is 0 Å². The summed E-state index contributed by atoms with van der Waals surface area (Å²) < 4.78 is 6.21. The first-order valence-electron chi connectivity index (χ1n) is 5.97. The number of rotatable bonds is 0. The van der Waals surface area contributed by atoms with Gasteiger partial charge in [0.2, 0.25) is 0 Å². The van der Waals surface area contributed by atoms with Crippen molar-refractivity contribution in [3.05, 3.63) is 35.4 Å². The lowest BCUT2D eigenvalue weighted by Crippen LogP contribution is -2.45. The standard InChI is InChI=1S/C14H17NO/c1-11-2-3-12-4-5-14(16-13(12)10-11)6-8-15-9-7-14/h2-5,10,15H,6-9H2,1H3. The second-order valence-corrected chi connectivity index (χ2v) is 4.79. The van der Waals surface area contributed by atoms with Gasteiger partial charge in [0.1, 0.15) is 11.4 Å². The second-order valence-electron chi connectivity index (χ2n) is 4.79. The third-order valence-electron chi connectivity index (χ3n) is 3.50. The van der Waals surface area contributed by atoms with E-state index in [0.717, 1.165) is 31.7 Å². The van der Waals surface area contributed by atoms with Gasteiger partial charge in [0.15, 0.2) is 0 Å². The molecule has 2 heterocycles. The predicted octanol–water partition coefficient (Wildman–Crippen LogP) is 2.52. The Kier molecular flexibility index (Phi) is 2.25. The molecule has 0 saturated carbocycles. The van der Waals surface area contributed by atoms with Crippen LogP contribution in [0.5, 0.6) is 5.75 Å². The maximum atomic E-state index is 6.21. The summed E-state index contributed by atoms with van der Waals surface area (Å²) in [7, 11) is 0. The van der Waals surface area contributed by atoms with E-state index in [9.17, 15) is 0 Å². The fourth-order valence-electron chi connectivity index (χ4n) is 2.48. The van der Waals surface area contributed by atoms with Crippen molar-refractivity contribution in [2.45, 2.75) is 25.4 Å². The summed E-state index contributed by atoms with van der Waals surface area (Å²) in [6.45, 7) is 4.20. The van der Waals surface area contributed by atoms with E-state index >= 15 is 0 Å². The Labute approximate surface area is 96.3 Å². The minimum absolute atomic E-state index is 0.0496. The molecule has 2 nitrogen and oxygen atoms in total. The molecule has 1 aromatic carbocycles. The molecule has 1 N–H and O–H groups in total. The number of nitrogens with one attached hydrogen (secondary N) is 1. The Hall–Kier alpha value is -1.28. The van der Waals surface area contributed by atoms with Crippen molar-refractivity contribution in [1.82, 2.24) is 5.32 Å². The lowest BCUT2D eigenvalue weighted by atomic mass is 9.89. The number of hydrogen-bond donors (Lipinski definition) is 1. The molecule has 1 aromatic rings. The number of aryl methyl sites for hydroxylation is 1. The molecule has 16 heavy (non-hydrogen) atoms. The number of hydrogen-bond acceptors (Lipinski definition) is 2. The lowest BCUT2D eigenvalue weighted by molar-refractivity contribution is 0.0822. The normalized spacial score (nSPS) is 21.6. The van der Waals surface area contributed by atoms with Crippen molar-refractivity contribution in [3.63, 3.8) is 0 Å². The highest BCUT2D eigenvalue weighted by molar-refractivity contribution is 5.61. The van der Waals surface area contributed by atoms with Crippen LogP contribution in [0.15, 0.2) is 24.3 Å². The van der Waals surface area contributed by atoms with Gasteiger partial charge in [-0.3, -0.25) is 0 Å². The first-order valence-corrected chi connectivity index (χ1v) is 5.97. The molecule has 84 valence electrons. The van der Waals surface area contributed by atoms with Crippen LogP contribution in [0.25, 0.3) is 6.08 Å². The smallest absolute Gasteiger partial charge is 0.130 e. The van der Waals surface area contributed by atoms with E-state index in [1.54, 1.807) is 0 Å². The van der Waals surface area contributed by atoms with Crippen LogP contribution in [-0.4, -0.2) is 18.7 Å². The quantitative estimate of drug-likeness (QED) is 0.718. The maximum absolute atomic E-state index is 6.21. The van der Waals surface area contributed by atoms with E-state index in [1.165, 1.54) is 11.1 Å². The van der Waals surface area contributed by atoms with Crippen molar-refractivity contribution < 1.29 is 4.74 Å². The molecule has 2 aliphatic heterocycles. The third kappa shape index (κ3) is 1.63. The van der Waals surface area contributed by atoms with Gasteiger partial charge in [0.05, 0.1) is 0 Å². The monoisotopic (exact) mass is 215 g/mol. The van der Waals surface area contributed by atoms with Crippen molar-refractivity contribution in [2.75, 3.05) is 13.1 Å². The Morgan fingerprint density at radius 3 is 2.88 bits per heavy atom. The summed E-state index contributed by atoms with van der Waals surface area (Å²) in [4.78, 5) is 0. The first kappa shape index (κ1) is 9.91. The van der Waals surface area contributed by atoms with Crippen LogP contribution in [0.2, 0.25) is 0 Å². The molecule has 1 fully saturated rings. The van der Waals surface area contributed by atoms with Gasteiger partial charge in [-0.1, -0.05) is 18.2 Å². The summed E-state index contributed by atoms with van der Waals surface area (Å²) in [5.74, 6) is 1.05. The van der Waals surface area contributed by atoms with Crippen LogP contribution in [-0.2, 0) is 0 Å². The van der Waals surface area contributed by atoms with Crippen LogP contribution in [0.3, 0.4) is 0 Å². The second kappa shape index (κ2) is 3.63. The predicted molar refractivity (Wildman–Crippen MR) is 65.7 cm³/mol. The molecule has 0 aromatic heterocycles. The molecule has 0 aliphatic carbocycles. The van der Waals surface area contributed by atoms with Crippen LogP contribution in [0.1, 0.15) is 24.0 Å². The molecule has 0 amide bonds. The summed E-state index contributed by atoms with van der Waals surface area (Å²) in [5, 5.41) is 3.38. The van der Waals surface area contributed by atoms with Crippen molar-refractivity contribution >= 4 is 6.08 Å². The fraction of sp³-hybridized carbons (Fsp3) is 0.429. The largest absolute Gasteiger partial charge is 0.482 e. The molecule has 2 heteroatoms. The van der Waals surface area contributed by atoms with Gasteiger partial charge < -0.3 is 10.1 Å². The molecule has 0 bridgehead atoms. The number of benzene rings is 1. The Bertz CT molecular complexity index is 430. The van der Waals surface area contributed by atoms with Crippen molar-refractivity contribution in [2.24, 2.45) is 0 Å². The first-order chi connectivity index (χ1) is 7.77. The summed E-state index contributed by atoms with van der Waals surface area (Å²) in [5.41, 5.74) is 2.42. The average Bonchev–Trinajstić information content (AvgIpc) is 2.29. The van der Waals surface area contributed by atoms with E-state index in [2.05, 4.69) is 42.6 Å². The summed E-state index contributed by atoms with van der Waals surface area (Å²) >= 11 is 0. The highest BCUT2D eigenvalue weighted by atomic mass is 16.5. The van der Waals surface area contributed by atoms with Gasteiger partial charge >= 0.3 is 0 Å². The number of ether oxygens (including phenoxy) is 1. The van der Waals surface area contributed by atoms with Gasteiger partial charge in [-0.15, -0.1) is 0 Å². The Morgan fingerprint density at radius 1 is 1.25 bits per heavy atom. The summed E-state index contributed by atoms with van der Waals surface area (Å²) in [6, 6.07) is 6.41. The molecule has 0 radical (unpaired) electrons. The lowest BCUT2D eigenvalue weighted by Gasteiger charge is -2.38. The summed E-state index contributed by atoms with van der Waals surface area (Å²) in [6.07, 6.45) is 6.59. The highest BCUT2D eigenvalue weighted by Crippen LogP contribution is 2.36. The van der Waals surface area contributed by atoms with Crippen molar-refractivity contribution in [3.8, 4) is 5.75 Å². The zero-order valence-corrected chi connectivity index (χ0v) is 9.62. The molecular weight excluding hydrogens is 198 g/mol. The van der Waals surface area contributed by atoms with Gasteiger partial charge in [0, 0.05) is 18.4 Å². The van der Waals surface area contributed by atoms with Crippen molar-refractivity contribution in [1.29, 1.82) is 0 Å². The SMILES string of the molecule is Cc1ccc2c(c1)OC1(C=C2)CCNCC1. The zero-order valence-electron chi connectivity index (χ0n) is 9.62. The number of fused-ring (bicyclic) bond motifs is 1. The molecule has 2 aliphatic rings. The molecule has 0 atom stereocenters. The zero-order chi connectivity index (χ0) is 11.0. The molecular formula is C14H17NO.